The lowest BCUT2D eigenvalue weighted by atomic mass is 9.87. The van der Waals surface area contributed by atoms with E-state index in [9.17, 15) is 4.79 Å². The predicted octanol–water partition coefficient (Wildman–Crippen LogP) is 1.12. The molecule has 58 valence electrons. The molecule has 0 spiro atoms. The van der Waals surface area contributed by atoms with Gasteiger partial charge in [-0.1, -0.05) is 9.39 Å². The molecular formula is C7H14NOP. The van der Waals surface area contributed by atoms with Crippen molar-refractivity contribution in [2.45, 2.75) is 31.7 Å². The number of hydrogen-bond donors (Lipinski definition) is 1. The van der Waals surface area contributed by atoms with E-state index in [0.29, 0.717) is 12.0 Å². The molecule has 0 aromatic carbocycles. The van der Waals surface area contributed by atoms with E-state index in [1.807, 2.05) is 0 Å². The first kappa shape index (κ1) is 8.16. The van der Waals surface area contributed by atoms with Crippen LogP contribution in [0.4, 0.5) is 0 Å². The van der Waals surface area contributed by atoms with Gasteiger partial charge in [0.25, 0.3) is 0 Å². The van der Waals surface area contributed by atoms with Crippen molar-refractivity contribution in [3.63, 3.8) is 0 Å². The molecular weight excluding hydrogens is 145 g/mol. The Morgan fingerprint density at radius 3 is 2.30 bits per heavy atom. The van der Waals surface area contributed by atoms with Crippen LogP contribution < -0.4 is 5.09 Å². The van der Waals surface area contributed by atoms with Crippen LogP contribution >= 0.6 is 9.39 Å². The van der Waals surface area contributed by atoms with E-state index in [1.165, 1.54) is 0 Å². The molecule has 0 aromatic heterocycles. The van der Waals surface area contributed by atoms with Crippen molar-refractivity contribution in [2.24, 2.45) is 5.92 Å². The molecule has 10 heavy (non-hydrogen) atoms. The minimum atomic E-state index is 0.342. The fourth-order valence-electron chi connectivity index (χ4n) is 1.42. The number of aldehydes is 1. The Morgan fingerprint density at radius 1 is 1.30 bits per heavy atom. The van der Waals surface area contributed by atoms with Gasteiger partial charge in [-0.25, -0.2) is 0 Å². The van der Waals surface area contributed by atoms with Crippen LogP contribution in [-0.2, 0) is 4.79 Å². The predicted molar refractivity (Wildman–Crippen MR) is 44.7 cm³/mol. The quantitative estimate of drug-likeness (QED) is 0.483. The van der Waals surface area contributed by atoms with Gasteiger partial charge in [-0.2, -0.15) is 0 Å². The minimum absolute atomic E-state index is 0.342. The van der Waals surface area contributed by atoms with Crippen LogP contribution in [0.5, 0.6) is 0 Å². The molecule has 0 aromatic rings. The number of carbonyl (C=O) groups excluding carboxylic acids is 1. The zero-order valence-electron chi connectivity index (χ0n) is 6.05. The van der Waals surface area contributed by atoms with Crippen LogP contribution in [0.1, 0.15) is 25.7 Å². The molecule has 2 nitrogen and oxygen atoms in total. The molecule has 0 bridgehead atoms. The van der Waals surface area contributed by atoms with Crippen molar-refractivity contribution in [2.75, 3.05) is 0 Å². The Kier molecular flexibility index (Phi) is 3.30. The zero-order valence-corrected chi connectivity index (χ0v) is 7.20. The standard InChI is InChI=1S/C7H14NOP/c9-5-6-1-3-7(8-10)4-2-6/h5-8H,1-4,10H2/t6-,7-. The molecule has 1 saturated carbocycles. The van der Waals surface area contributed by atoms with E-state index < -0.39 is 0 Å². The molecule has 0 radical (unpaired) electrons. The second kappa shape index (κ2) is 4.05. The van der Waals surface area contributed by atoms with E-state index in [2.05, 4.69) is 14.5 Å². The Labute approximate surface area is 64.0 Å². The highest BCUT2D eigenvalue weighted by molar-refractivity contribution is 7.13. The Hall–Kier alpha value is 0.0600. The first-order chi connectivity index (χ1) is 4.86. The molecule has 1 N–H and O–H groups in total. The number of carbonyl (C=O) groups is 1. The monoisotopic (exact) mass is 159 g/mol. The maximum Gasteiger partial charge on any atom is 0.123 e. The largest absolute Gasteiger partial charge is 0.303 e. The van der Waals surface area contributed by atoms with Gasteiger partial charge >= 0.3 is 0 Å². The lowest BCUT2D eigenvalue weighted by molar-refractivity contribution is -0.111. The Bertz CT molecular complexity index is 110. The summed E-state index contributed by atoms with van der Waals surface area (Å²) in [5.74, 6) is 0.342. The maximum atomic E-state index is 10.3. The van der Waals surface area contributed by atoms with E-state index in [4.69, 9.17) is 0 Å². The summed E-state index contributed by atoms with van der Waals surface area (Å²) in [6, 6.07) is 0.626. The summed E-state index contributed by atoms with van der Waals surface area (Å²) >= 11 is 0. The molecule has 1 aliphatic carbocycles. The molecule has 1 unspecified atom stereocenters. The average Bonchev–Trinajstić information content (AvgIpc) is 2.05. The van der Waals surface area contributed by atoms with Gasteiger partial charge in [0.05, 0.1) is 0 Å². The molecule has 0 amide bonds. The third-order valence-corrected chi connectivity index (χ3v) is 2.67. The van der Waals surface area contributed by atoms with Crippen LogP contribution in [-0.4, -0.2) is 12.3 Å². The van der Waals surface area contributed by atoms with Crippen molar-refractivity contribution in [3.05, 3.63) is 0 Å². The van der Waals surface area contributed by atoms with Crippen molar-refractivity contribution in [1.82, 2.24) is 5.09 Å². The summed E-state index contributed by atoms with van der Waals surface area (Å²) in [6.45, 7) is 0. The first-order valence-electron chi connectivity index (χ1n) is 3.78. The maximum absolute atomic E-state index is 10.3. The van der Waals surface area contributed by atoms with Gasteiger partial charge in [-0.05, 0) is 25.7 Å². The summed E-state index contributed by atoms with van der Waals surface area (Å²) in [6.07, 6.45) is 5.52. The van der Waals surface area contributed by atoms with E-state index >= 15 is 0 Å². The summed E-state index contributed by atoms with van der Waals surface area (Å²) in [5.41, 5.74) is 0. The third-order valence-electron chi connectivity index (χ3n) is 2.20. The first-order valence-corrected chi connectivity index (χ1v) is 4.36. The van der Waals surface area contributed by atoms with Crippen molar-refractivity contribution < 1.29 is 4.79 Å². The fourth-order valence-corrected chi connectivity index (χ4v) is 1.76. The van der Waals surface area contributed by atoms with Crippen molar-refractivity contribution in [1.29, 1.82) is 0 Å². The second-order valence-electron chi connectivity index (χ2n) is 2.91. The van der Waals surface area contributed by atoms with Gasteiger partial charge in [0, 0.05) is 12.0 Å². The van der Waals surface area contributed by atoms with Gasteiger partial charge in [0.2, 0.25) is 0 Å². The van der Waals surface area contributed by atoms with Crippen LogP contribution in [0.25, 0.3) is 0 Å². The molecule has 0 saturated heterocycles. The minimum Gasteiger partial charge on any atom is -0.303 e. The number of nitrogens with one attached hydrogen (secondary N) is 1. The van der Waals surface area contributed by atoms with Gasteiger partial charge in [0.1, 0.15) is 6.29 Å². The van der Waals surface area contributed by atoms with Gasteiger partial charge < -0.3 is 4.79 Å². The molecule has 1 rings (SSSR count). The van der Waals surface area contributed by atoms with Crippen LogP contribution in [0.2, 0.25) is 0 Å². The lowest BCUT2D eigenvalue weighted by Gasteiger charge is -2.24. The smallest absolute Gasteiger partial charge is 0.123 e. The SMILES string of the molecule is O=C[C@H]1CC[C@H](NP)CC1. The average molecular weight is 159 g/mol. The Morgan fingerprint density at radius 2 is 1.90 bits per heavy atom. The third kappa shape index (κ3) is 2.03. The van der Waals surface area contributed by atoms with Gasteiger partial charge in [0.15, 0.2) is 0 Å². The molecule has 1 atom stereocenters. The summed E-state index contributed by atoms with van der Waals surface area (Å²) in [7, 11) is 2.54. The fraction of sp³-hybridized carbons (Fsp3) is 0.857. The van der Waals surface area contributed by atoms with E-state index in [0.717, 1.165) is 32.0 Å². The van der Waals surface area contributed by atoms with Gasteiger partial charge in [-0.15, -0.1) is 0 Å². The van der Waals surface area contributed by atoms with Gasteiger partial charge in [-0.3, -0.25) is 5.09 Å². The normalized spacial score (nSPS) is 33.7. The van der Waals surface area contributed by atoms with Crippen molar-refractivity contribution >= 4 is 15.7 Å². The topological polar surface area (TPSA) is 29.1 Å². The second-order valence-corrected chi connectivity index (χ2v) is 3.25. The summed E-state index contributed by atoms with van der Waals surface area (Å²) in [4.78, 5) is 10.3. The highest BCUT2D eigenvalue weighted by Gasteiger charge is 2.18. The zero-order chi connectivity index (χ0) is 7.40. The summed E-state index contributed by atoms with van der Waals surface area (Å²) < 4.78 is 0. The van der Waals surface area contributed by atoms with E-state index in [-0.39, 0.29) is 0 Å². The Balaban J connectivity index is 2.23. The highest BCUT2D eigenvalue weighted by atomic mass is 31.0. The van der Waals surface area contributed by atoms with Crippen molar-refractivity contribution in [3.8, 4) is 0 Å². The molecule has 1 fully saturated rings. The number of hydrogen-bond acceptors (Lipinski definition) is 2. The molecule has 1 aliphatic rings. The van der Waals surface area contributed by atoms with Crippen LogP contribution in [0.15, 0.2) is 0 Å². The number of rotatable bonds is 2. The lowest BCUT2D eigenvalue weighted by Crippen LogP contribution is -2.26. The highest BCUT2D eigenvalue weighted by Crippen LogP contribution is 2.22. The van der Waals surface area contributed by atoms with Crippen LogP contribution in [0, 0.1) is 5.92 Å². The van der Waals surface area contributed by atoms with Crippen LogP contribution in [0.3, 0.4) is 0 Å². The summed E-state index contributed by atoms with van der Waals surface area (Å²) in [5, 5.41) is 3.15. The molecule has 3 heteroatoms. The molecule has 0 aliphatic heterocycles. The molecule has 0 heterocycles. The van der Waals surface area contributed by atoms with E-state index in [1.54, 1.807) is 0 Å².